The molecule has 0 saturated heterocycles. The second-order valence-corrected chi connectivity index (χ2v) is 3.03. The summed E-state index contributed by atoms with van der Waals surface area (Å²) in [5.74, 6) is 0.169. The number of benzene rings is 1. The molecule has 1 atom stereocenters. The van der Waals surface area contributed by atoms with Crippen molar-refractivity contribution >= 4 is 12.4 Å². The highest BCUT2D eigenvalue weighted by Crippen LogP contribution is 2.25. The molecule has 14 heavy (non-hydrogen) atoms. The Morgan fingerprint density at radius 3 is 2.71 bits per heavy atom. The summed E-state index contributed by atoms with van der Waals surface area (Å²) < 4.78 is 0. The van der Waals surface area contributed by atoms with Gasteiger partial charge in [-0.15, -0.1) is 12.4 Å². The lowest BCUT2D eigenvalue weighted by molar-refractivity contribution is 0.461. The van der Waals surface area contributed by atoms with E-state index < -0.39 is 6.04 Å². The molecule has 0 spiro atoms. The first-order chi connectivity index (χ1) is 6.15. The minimum absolute atomic E-state index is 0. The van der Waals surface area contributed by atoms with Crippen LogP contribution in [0.5, 0.6) is 5.75 Å². The highest BCUT2D eigenvalue weighted by molar-refractivity contribution is 5.85. The molecule has 1 rings (SSSR count). The Balaban J connectivity index is 0.00000169. The summed E-state index contributed by atoms with van der Waals surface area (Å²) in [4.78, 5) is 0. The third-order valence-electron chi connectivity index (χ3n) is 1.90. The molecule has 0 bridgehead atoms. The van der Waals surface area contributed by atoms with Crippen LogP contribution in [0.15, 0.2) is 18.2 Å². The van der Waals surface area contributed by atoms with Crippen molar-refractivity contribution in [1.29, 1.82) is 5.26 Å². The van der Waals surface area contributed by atoms with Gasteiger partial charge in [-0.2, -0.15) is 5.26 Å². The fourth-order valence-electron chi connectivity index (χ4n) is 1.18. The fraction of sp³-hybridized carbons (Fsp3) is 0.300. The van der Waals surface area contributed by atoms with E-state index in [1.54, 1.807) is 12.1 Å². The van der Waals surface area contributed by atoms with Crippen LogP contribution < -0.4 is 5.73 Å². The molecule has 3 N–H and O–H groups in total. The van der Waals surface area contributed by atoms with E-state index in [1.807, 2.05) is 19.1 Å². The van der Waals surface area contributed by atoms with Crippen LogP contribution in [0.1, 0.15) is 23.6 Å². The van der Waals surface area contributed by atoms with Gasteiger partial charge >= 0.3 is 0 Å². The first-order valence-corrected chi connectivity index (χ1v) is 4.07. The van der Waals surface area contributed by atoms with Gasteiger partial charge in [-0.3, -0.25) is 0 Å². The smallest absolute Gasteiger partial charge is 0.120 e. The number of nitrogens with two attached hydrogens (primary N) is 1. The van der Waals surface area contributed by atoms with Gasteiger partial charge in [0.2, 0.25) is 0 Å². The van der Waals surface area contributed by atoms with E-state index >= 15 is 0 Å². The van der Waals surface area contributed by atoms with Crippen LogP contribution in [0.3, 0.4) is 0 Å². The van der Waals surface area contributed by atoms with Crippen molar-refractivity contribution in [2.45, 2.75) is 19.4 Å². The quantitative estimate of drug-likeness (QED) is 0.788. The van der Waals surface area contributed by atoms with Gasteiger partial charge in [-0.1, -0.05) is 12.1 Å². The number of phenols is 1. The maximum absolute atomic E-state index is 9.50. The third kappa shape index (κ3) is 2.91. The standard InChI is InChI=1S/C10H12N2O.ClH/c1-7-2-3-8(10(13)6-7)9(12)4-5-11;/h2-3,6,9,13H,4,12H2,1H3;1H/t9-;/m0./s1. The number of aryl methyl sites for hydroxylation is 1. The summed E-state index contributed by atoms with van der Waals surface area (Å²) in [5, 5.41) is 17.9. The number of hydrogen-bond donors (Lipinski definition) is 2. The van der Waals surface area contributed by atoms with Crippen LogP contribution >= 0.6 is 12.4 Å². The van der Waals surface area contributed by atoms with Gasteiger partial charge < -0.3 is 10.8 Å². The zero-order valence-electron chi connectivity index (χ0n) is 7.90. The van der Waals surface area contributed by atoms with Gasteiger partial charge in [0.1, 0.15) is 5.75 Å². The van der Waals surface area contributed by atoms with E-state index in [4.69, 9.17) is 11.0 Å². The molecule has 3 nitrogen and oxygen atoms in total. The van der Waals surface area contributed by atoms with Gasteiger partial charge in [0, 0.05) is 11.6 Å². The molecule has 1 aromatic rings. The van der Waals surface area contributed by atoms with Crippen molar-refractivity contribution in [2.24, 2.45) is 5.73 Å². The van der Waals surface area contributed by atoms with Crippen LogP contribution in [-0.2, 0) is 0 Å². The lowest BCUT2D eigenvalue weighted by atomic mass is 10.0. The molecule has 0 aliphatic heterocycles. The molecule has 1 aromatic carbocycles. The summed E-state index contributed by atoms with van der Waals surface area (Å²) in [5.41, 5.74) is 7.28. The van der Waals surface area contributed by atoms with Crippen LogP contribution in [0.4, 0.5) is 0 Å². The molecule has 4 heteroatoms. The lowest BCUT2D eigenvalue weighted by Gasteiger charge is -2.10. The largest absolute Gasteiger partial charge is 0.508 e. The van der Waals surface area contributed by atoms with Crippen molar-refractivity contribution in [3.63, 3.8) is 0 Å². The van der Waals surface area contributed by atoms with Crippen LogP contribution in [0.2, 0.25) is 0 Å². The average Bonchev–Trinajstić information content (AvgIpc) is 2.04. The number of nitriles is 1. The summed E-state index contributed by atoms with van der Waals surface area (Å²) in [6.45, 7) is 1.89. The molecule has 0 aliphatic carbocycles. The minimum Gasteiger partial charge on any atom is -0.508 e. The van der Waals surface area contributed by atoms with E-state index in [1.165, 1.54) is 0 Å². The fourth-order valence-corrected chi connectivity index (χ4v) is 1.18. The van der Waals surface area contributed by atoms with E-state index in [-0.39, 0.29) is 24.6 Å². The lowest BCUT2D eigenvalue weighted by Crippen LogP contribution is -2.09. The summed E-state index contributed by atoms with van der Waals surface area (Å²) in [7, 11) is 0. The maximum Gasteiger partial charge on any atom is 0.120 e. The number of rotatable bonds is 2. The normalized spacial score (nSPS) is 11.2. The molecule has 0 aromatic heterocycles. The van der Waals surface area contributed by atoms with Crippen LogP contribution in [0, 0.1) is 18.3 Å². The third-order valence-corrected chi connectivity index (χ3v) is 1.90. The number of aromatic hydroxyl groups is 1. The predicted molar refractivity (Wildman–Crippen MR) is 57.3 cm³/mol. The first kappa shape index (κ1) is 12.8. The highest BCUT2D eigenvalue weighted by atomic mass is 35.5. The van der Waals surface area contributed by atoms with Gasteiger partial charge in [-0.25, -0.2) is 0 Å². The second kappa shape index (κ2) is 5.48. The van der Waals surface area contributed by atoms with Crippen molar-refractivity contribution in [3.05, 3.63) is 29.3 Å². The van der Waals surface area contributed by atoms with E-state index in [0.29, 0.717) is 5.56 Å². The summed E-state index contributed by atoms with van der Waals surface area (Å²) in [6.07, 6.45) is 0.219. The van der Waals surface area contributed by atoms with Crippen molar-refractivity contribution in [2.75, 3.05) is 0 Å². The molecule has 0 aliphatic rings. The summed E-state index contributed by atoms with van der Waals surface area (Å²) >= 11 is 0. The van der Waals surface area contributed by atoms with E-state index in [9.17, 15) is 5.11 Å². The van der Waals surface area contributed by atoms with Gasteiger partial charge in [0.05, 0.1) is 12.5 Å². The Bertz CT molecular complexity index is 346. The number of nitrogens with zero attached hydrogens (tertiary/aromatic N) is 1. The zero-order chi connectivity index (χ0) is 9.84. The van der Waals surface area contributed by atoms with E-state index in [0.717, 1.165) is 5.56 Å². The Morgan fingerprint density at radius 1 is 1.57 bits per heavy atom. The van der Waals surface area contributed by atoms with Gasteiger partial charge in [-0.05, 0) is 18.6 Å². The Kier molecular flexibility index (Phi) is 5.00. The van der Waals surface area contributed by atoms with Crippen LogP contribution in [0.25, 0.3) is 0 Å². The molecule has 0 saturated carbocycles. The molecule has 76 valence electrons. The molecular weight excluding hydrogens is 200 g/mol. The second-order valence-electron chi connectivity index (χ2n) is 3.03. The predicted octanol–water partition coefficient (Wildman–Crippen LogP) is 2.04. The topological polar surface area (TPSA) is 70.0 Å². The zero-order valence-corrected chi connectivity index (χ0v) is 8.71. The number of hydrogen-bond acceptors (Lipinski definition) is 3. The average molecular weight is 213 g/mol. The van der Waals surface area contributed by atoms with Crippen molar-refractivity contribution in [1.82, 2.24) is 0 Å². The number of phenolic OH excluding ortho intramolecular Hbond substituents is 1. The molecule has 0 fully saturated rings. The first-order valence-electron chi connectivity index (χ1n) is 4.07. The number of halogens is 1. The summed E-state index contributed by atoms with van der Waals surface area (Å²) in [6, 6.07) is 6.84. The Hall–Kier alpha value is -1.24. The van der Waals surface area contributed by atoms with Gasteiger partial charge in [0.25, 0.3) is 0 Å². The minimum atomic E-state index is -0.398. The van der Waals surface area contributed by atoms with Crippen LogP contribution in [-0.4, -0.2) is 5.11 Å². The van der Waals surface area contributed by atoms with Gasteiger partial charge in [0.15, 0.2) is 0 Å². The Morgan fingerprint density at radius 2 is 2.21 bits per heavy atom. The Labute approximate surface area is 89.6 Å². The maximum atomic E-state index is 9.50. The van der Waals surface area contributed by atoms with E-state index in [2.05, 4.69) is 0 Å². The molecular formula is C10H13ClN2O. The highest BCUT2D eigenvalue weighted by Gasteiger charge is 2.09. The molecule has 0 amide bonds. The molecule has 0 unspecified atom stereocenters. The SMILES string of the molecule is Cc1ccc([C@@H](N)CC#N)c(O)c1.Cl. The molecule has 0 radical (unpaired) electrons. The molecule has 0 heterocycles. The van der Waals surface area contributed by atoms with Crippen molar-refractivity contribution in [3.8, 4) is 11.8 Å². The van der Waals surface area contributed by atoms with Crippen molar-refractivity contribution < 1.29 is 5.11 Å². The monoisotopic (exact) mass is 212 g/mol.